The molecule has 0 radical (unpaired) electrons. The van der Waals surface area contributed by atoms with Crippen LogP contribution in [0.1, 0.15) is 24.8 Å². The van der Waals surface area contributed by atoms with Crippen molar-refractivity contribution in [1.29, 1.82) is 0 Å². The van der Waals surface area contributed by atoms with Crippen LogP contribution in [-0.4, -0.2) is 46.3 Å². The molecule has 0 aliphatic carbocycles. The highest BCUT2D eigenvalue weighted by molar-refractivity contribution is 7.80. The first-order chi connectivity index (χ1) is 8.68. The van der Waals surface area contributed by atoms with E-state index in [9.17, 15) is 0 Å². The van der Waals surface area contributed by atoms with E-state index in [4.69, 9.17) is 18.0 Å². The number of likely N-dealkylation sites (N-methyl/N-ethyl adjacent to an activating group) is 1. The predicted octanol–water partition coefficient (Wildman–Crippen LogP) is 1.01. The number of hydrogen-bond acceptors (Lipinski definition) is 5. The van der Waals surface area contributed by atoms with Crippen LogP contribution in [0.25, 0.3) is 0 Å². The summed E-state index contributed by atoms with van der Waals surface area (Å²) in [5.41, 5.74) is 6.43. The minimum Gasteiger partial charge on any atom is -0.389 e. The summed E-state index contributed by atoms with van der Waals surface area (Å²) < 4.78 is 0. The summed E-state index contributed by atoms with van der Waals surface area (Å²) >= 11 is 5.00. The molecule has 98 valence electrons. The van der Waals surface area contributed by atoms with E-state index in [-0.39, 0.29) is 0 Å². The fourth-order valence-electron chi connectivity index (χ4n) is 2.28. The van der Waals surface area contributed by atoms with Gasteiger partial charge >= 0.3 is 0 Å². The summed E-state index contributed by atoms with van der Waals surface area (Å²) in [7, 11) is 2.16. The number of piperidine rings is 1. The van der Waals surface area contributed by atoms with Gasteiger partial charge in [-0.25, -0.2) is 0 Å². The van der Waals surface area contributed by atoms with Gasteiger partial charge in [-0.1, -0.05) is 18.6 Å². The standard InChI is InChI=1S/C12H19N5S/c1-17-7-3-2-4-9(17)8-14-12-10(11(13)18)5-6-15-16-12/h5-6,9H,2-4,7-8H2,1H3,(H2,13,18)(H,14,16). The maximum absolute atomic E-state index is 5.66. The van der Waals surface area contributed by atoms with E-state index >= 15 is 0 Å². The van der Waals surface area contributed by atoms with Gasteiger partial charge in [-0.2, -0.15) is 5.10 Å². The number of likely N-dealkylation sites (tertiary alicyclic amines) is 1. The van der Waals surface area contributed by atoms with Crippen LogP contribution in [0.2, 0.25) is 0 Å². The van der Waals surface area contributed by atoms with Crippen LogP contribution in [0.4, 0.5) is 5.82 Å². The molecule has 18 heavy (non-hydrogen) atoms. The molecule has 1 atom stereocenters. The number of anilines is 1. The molecule has 2 rings (SSSR count). The molecular formula is C12H19N5S. The van der Waals surface area contributed by atoms with Crippen LogP contribution >= 0.6 is 12.2 Å². The number of nitrogens with zero attached hydrogens (tertiary/aromatic N) is 3. The number of nitrogens with one attached hydrogen (secondary N) is 1. The van der Waals surface area contributed by atoms with Crippen LogP contribution in [0.3, 0.4) is 0 Å². The molecule has 1 saturated heterocycles. The first-order valence-electron chi connectivity index (χ1n) is 6.24. The van der Waals surface area contributed by atoms with Gasteiger partial charge in [0.2, 0.25) is 0 Å². The second-order valence-electron chi connectivity index (χ2n) is 4.67. The summed E-state index contributed by atoms with van der Waals surface area (Å²) in [5.74, 6) is 0.684. The Morgan fingerprint density at radius 1 is 1.61 bits per heavy atom. The third kappa shape index (κ3) is 3.14. The average Bonchev–Trinajstić information content (AvgIpc) is 2.38. The maximum Gasteiger partial charge on any atom is 0.158 e. The molecule has 2 heterocycles. The summed E-state index contributed by atoms with van der Waals surface area (Å²) in [6.45, 7) is 2.01. The van der Waals surface area contributed by atoms with E-state index in [1.807, 2.05) is 0 Å². The molecule has 3 N–H and O–H groups in total. The molecule has 6 heteroatoms. The molecule has 1 aliphatic heterocycles. The lowest BCUT2D eigenvalue weighted by atomic mass is 10.0. The molecule has 1 aromatic rings. The average molecular weight is 265 g/mol. The van der Waals surface area contributed by atoms with Gasteiger partial charge in [0.05, 0.1) is 11.8 Å². The van der Waals surface area contributed by atoms with Crippen molar-refractivity contribution in [2.24, 2.45) is 5.73 Å². The Labute approximate surface area is 113 Å². The van der Waals surface area contributed by atoms with E-state index in [0.717, 1.165) is 18.7 Å². The van der Waals surface area contributed by atoms with Gasteiger partial charge in [-0.3, -0.25) is 0 Å². The lowest BCUT2D eigenvalue weighted by molar-refractivity contribution is 0.194. The number of nitrogens with two attached hydrogens (primary N) is 1. The van der Waals surface area contributed by atoms with Crippen LogP contribution in [0.5, 0.6) is 0 Å². The second kappa shape index (κ2) is 6.06. The lowest BCUT2D eigenvalue weighted by Gasteiger charge is -2.32. The molecule has 0 saturated carbocycles. The van der Waals surface area contributed by atoms with E-state index in [0.29, 0.717) is 16.8 Å². The molecular weight excluding hydrogens is 246 g/mol. The van der Waals surface area contributed by atoms with Gasteiger partial charge in [0, 0.05) is 12.6 Å². The quantitative estimate of drug-likeness (QED) is 0.792. The highest BCUT2D eigenvalue weighted by Crippen LogP contribution is 2.16. The van der Waals surface area contributed by atoms with E-state index in [1.54, 1.807) is 12.3 Å². The maximum atomic E-state index is 5.66. The number of aromatic nitrogens is 2. The largest absolute Gasteiger partial charge is 0.389 e. The predicted molar refractivity (Wildman–Crippen MR) is 76.7 cm³/mol. The third-order valence-corrected chi connectivity index (χ3v) is 3.63. The van der Waals surface area contributed by atoms with Gasteiger partial charge in [-0.05, 0) is 32.5 Å². The Morgan fingerprint density at radius 3 is 3.17 bits per heavy atom. The fraction of sp³-hybridized carbons (Fsp3) is 0.583. The number of thiocarbonyl (C=S) groups is 1. The van der Waals surface area contributed by atoms with Crippen molar-refractivity contribution in [2.75, 3.05) is 25.5 Å². The summed E-state index contributed by atoms with van der Waals surface area (Å²) in [6.07, 6.45) is 5.40. The fourth-order valence-corrected chi connectivity index (χ4v) is 2.44. The van der Waals surface area contributed by atoms with Gasteiger partial charge in [-0.15, -0.1) is 5.10 Å². The molecule has 0 bridgehead atoms. The Hall–Kier alpha value is -1.27. The highest BCUT2D eigenvalue weighted by Gasteiger charge is 2.19. The number of rotatable bonds is 4. The smallest absolute Gasteiger partial charge is 0.158 e. The van der Waals surface area contributed by atoms with Crippen molar-refractivity contribution >= 4 is 23.0 Å². The zero-order valence-electron chi connectivity index (χ0n) is 10.6. The van der Waals surface area contributed by atoms with Crippen LogP contribution in [0, 0.1) is 0 Å². The van der Waals surface area contributed by atoms with E-state index < -0.39 is 0 Å². The Morgan fingerprint density at radius 2 is 2.44 bits per heavy atom. The SMILES string of the molecule is CN1CCCCC1CNc1nnccc1C(N)=S. The topological polar surface area (TPSA) is 67.1 Å². The van der Waals surface area contributed by atoms with Crippen LogP contribution in [-0.2, 0) is 0 Å². The second-order valence-corrected chi connectivity index (χ2v) is 5.11. The van der Waals surface area contributed by atoms with Crippen LogP contribution < -0.4 is 11.1 Å². The number of hydrogen-bond donors (Lipinski definition) is 2. The zero-order valence-corrected chi connectivity index (χ0v) is 11.4. The first kappa shape index (κ1) is 13.2. The Balaban J connectivity index is 1.99. The molecule has 1 fully saturated rings. The van der Waals surface area contributed by atoms with Crippen molar-refractivity contribution in [3.05, 3.63) is 17.8 Å². The normalized spacial score (nSPS) is 20.6. The molecule has 1 unspecified atom stereocenters. The minimum atomic E-state index is 0.351. The summed E-state index contributed by atoms with van der Waals surface area (Å²) in [5, 5.41) is 11.2. The molecule has 1 aromatic heterocycles. The highest BCUT2D eigenvalue weighted by atomic mass is 32.1. The monoisotopic (exact) mass is 265 g/mol. The van der Waals surface area contributed by atoms with Gasteiger partial charge in [0.1, 0.15) is 4.99 Å². The van der Waals surface area contributed by atoms with Crippen molar-refractivity contribution in [2.45, 2.75) is 25.3 Å². The minimum absolute atomic E-state index is 0.351. The zero-order chi connectivity index (χ0) is 13.0. The van der Waals surface area contributed by atoms with Crippen LogP contribution in [0.15, 0.2) is 12.3 Å². The van der Waals surface area contributed by atoms with Crippen molar-refractivity contribution in [3.8, 4) is 0 Å². The molecule has 0 spiro atoms. The van der Waals surface area contributed by atoms with Gasteiger partial charge < -0.3 is 16.0 Å². The molecule has 1 aliphatic rings. The van der Waals surface area contributed by atoms with E-state index in [1.165, 1.54) is 19.3 Å². The first-order valence-corrected chi connectivity index (χ1v) is 6.65. The summed E-state index contributed by atoms with van der Waals surface area (Å²) in [4.78, 5) is 2.73. The van der Waals surface area contributed by atoms with Crippen molar-refractivity contribution in [1.82, 2.24) is 15.1 Å². The van der Waals surface area contributed by atoms with E-state index in [2.05, 4.69) is 27.5 Å². The van der Waals surface area contributed by atoms with Gasteiger partial charge in [0.15, 0.2) is 5.82 Å². The van der Waals surface area contributed by atoms with Crippen molar-refractivity contribution < 1.29 is 0 Å². The van der Waals surface area contributed by atoms with Crippen molar-refractivity contribution in [3.63, 3.8) is 0 Å². The van der Waals surface area contributed by atoms with Gasteiger partial charge in [0.25, 0.3) is 0 Å². The Kier molecular flexibility index (Phi) is 4.43. The molecule has 5 nitrogen and oxygen atoms in total. The molecule has 0 aromatic carbocycles. The lowest BCUT2D eigenvalue weighted by Crippen LogP contribution is -2.41. The third-order valence-electron chi connectivity index (χ3n) is 3.41. The Bertz CT molecular complexity index is 423. The summed E-state index contributed by atoms with van der Waals surface area (Å²) in [6, 6.07) is 2.34. The molecule has 0 amide bonds.